The van der Waals surface area contributed by atoms with E-state index in [4.69, 9.17) is 0 Å². The molecule has 11 heteroatoms. The van der Waals surface area contributed by atoms with Crippen LogP contribution in [0.4, 0.5) is 34.1 Å². The first-order valence-corrected chi connectivity index (χ1v) is 18.2. The van der Waals surface area contributed by atoms with E-state index in [0.29, 0.717) is 0 Å². The number of hydrogen-bond donors (Lipinski definition) is 0. The Labute approximate surface area is 338 Å². The van der Waals surface area contributed by atoms with E-state index in [1.54, 1.807) is 0 Å². The molecule has 4 rings (SSSR count). The summed E-state index contributed by atoms with van der Waals surface area (Å²) in [5, 5.41) is 5.73. The van der Waals surface area contributed by atoms with E-state index in [0.717, 1.165) is 0 Å². The normalized spacial score (nSPS) is 10.6. The third-order valence-electron chi connectivity index (χ3n) is 9.89. The maximum Gasteiger partial charge on any atom is 4.00 e. The average molecular weight is 792 g/mol. The Hall–Kier alpha value is -2.39. The van der Waals surface area contributed by atoms with Crippen molar-refractivity contribution in [3.05, 3.63) is 76.9 Å². The van der Waals surface area contributed by atoms with Crippen LogP contribution in [0.2, 0.25) is 0 Å². The zero-order chi connectivity index (χ0) is 34.4. The number of anilines is 6. The maximum atomic E-state index is 2.38. The molecule has 0 bridgehead atoms. The van der Waals surface area contributed by atoms with Crippen molar-refractivity contribution >= 4 is 62.9 Å². The Morgan fingerprint density at radius 3 is 0.720 bits per heavy atom. The minimum atomic E-state index is -3.29. The van der Waals surface area contributed by atoms with Crippen LogP contribution in [0.15, 0.2) is 54.6 Å². The third-order valence-corrected chi connectivity index (χ3v) is 15.2. The van der Waals surface area contributed by atoms with Gasteiger partial charge in [0.05, 0.1) is 0 Å². The van der Waals surface area contributed by atoms with E-state index in [2.05, 4.69) is 196 Å². The smallest absolute Gasteiger partial charge is 1.00 e. The fourth-order valence-electron chi connectivity index (χ4n) is 7.50. The van der Waals surface area contributed by atoms with Gasteiger partial charge in [0.25, 0.3) is 0 Å². The summed E-state index contributed by atoms with van der Waals surface area (Å²) in [5.74, 6) is 0. The van der Waals surface area contributed by atoms with Crippen molar-refractivity contribution in [1.82, 2.24) is 0 Å². The number of hydrogen-bond acceptors (Lipinski definition) is 6. The molecule has 0 heterocycles. The molecular weight excluding hydrogens is 735 g/mol. The van der Waals surface area contributed by atoms with Crippen molar-refractivity contribution in [2.24, 2.45) is 0 Å². The summed E-state index contributed by atoms with van der Waals surface area (Å²) in [5.41, 5.74) is 13.1. The molecule has 0 amide bonds. The Balaban J connectivity index is 0.00000600. The van der Waals surface area contributed by atoms with E-state index in [1.165, 1.54) is 77.1 Å². The molecule has 0 aromatic heterocycles. The molecule has 4 aromatic rings. The number of halogens is 3. The molecule has 272 valence electrons. The van der Waals surface area contributed by atoms with E-state index in [1.807, 2.05) is 0 Å². The van der Waals surface area contributed by atoms with Crippen LogP contribution in [0.1, 0.15) is 22.3 Å². The van der Waals surface area contributed by atoms with Gasteiger partial charge in [-0.3, -0.25) is 0 Å². The van der Waals surface area contributed by atoms with Crippen LogP contribution in [0.3, 0.4) is 0 Å². The van der Waals surface area contributed by atoms with Gasteiger partial charge in [-0.05, 0) is 52.0 Å². The fraction of sp³-hybridized carbons (Fsp3) is 0.410. The second-order valence-electron chi connectivity index (χ2n) is 14.0. The molecule has 6 nitrogen and oxygen atoms in total. The van der Waals surface area contributed by atoms with E-state index in [-0.39, 0.29) is 58.9 Å². The van der Waals surface area contributed by atoms with Gasteiger partial charge in [-0.25, -0.2) is 0 Å². The molecule has 0 fully saturated rings. The summed E-state index contributed by atoms with van der Waals surface area (Å²) in [4.78, 5) is 14.0. The van der Waals surface area contributed by atoms with Gasteiger partial charge >= 0.3 is 21.7 Å². The molecule has 0 aliphatic rings. The fourth-order valence-corrected chi connectivity index (χ4v) is 14.7. The summed E-state index contributed by atoms with van der Waals surface area (Å²) >= 11 is 0. The predicted molar refractivity (Wildman–Crippen MR) is 211 cm³/mol. The minimum Gasteiger partial charge on any atom is -1.00 e. The van der Waals surface area contributed by atoms with Gasteiger partial charge in [0.1, 0.15) is 8.07 Å². The molecule has 4 aromatic carbocycles. The summed E-state index contributed by atoms with van der Waals surface area (Å²) in [6.07, 6.45) is 0. The zero-order valence-corrected chi connectivity index (χ0v) is 37.8. The number of benzene rings is 3. The van der Waals surface area contributed by atoms with Gasteiger partial charge < -0.3 is 66.6 Å². The number of rotatable bonds is 10. The van der Waals surface area contributed by atoms with E-state index < -0.39 is 8.07 Å². The van der Waals surface area contributed by atoms with Crippen LogP contribution in [-0.4, -0.2) is 92.6 Å². The van der Waals surface area contributed by atoms with Crippen molar-refractivity contribution in [1.29, 1.82) is 0 Å². The molecule has 0 unspecified atom stereocenters. The number of nitrogens with zero attached hydrogens (tertiary/aromatic N) is 6. The van der Waals surface area contributed by atoms with Crippen molar-refractivity contribution in [3.8, 4) is 0 Å². The third kappa shape index (κ3) is 7.84. The van der Waals surface area contributed by atoms with Crippen LogP contribution in [0, 0.1) is 27.7 Å². The SMILES string of the molecule is Cc1c(C)c(C)[c-]([Si](c2c(N(C)C)cccc2N(C)C)(c2c(N(C)C)cccc2N(C)C)c2c(N(C)C)cccc2N(C)C)c1C.[Cl-].[Cl-].[Cl-].[Ti+4]. The minimum absolute atomic E-state index is 0. The van der Waals surface area contributed by atoms with Crippen LogP contribution < -0.4 is 87.4 Å². The van der Waals surface area contributed by atoms with Crippen molar-refractivity contribution < 1.29 is 58.9 Å². The van der Waals surface area contributed by atoms with Crippen LogP contribution >= 0.6 is 0 Å². The Morgan fingerprint density at radius 1 is 0.380 bits per heavy atom. The summed E-state index contributed by atoms with van der Waals surface area (Å²) < 4.78 is 0. The van der Waals surface area contributed by atoms with Crippen molar-refractivity contribution in [3.63, 3.8) is 0 Å². The first-order chi connectivity index (χ1) is 21.5. The first-order valence-electron chi connectivity index (χ1n) is 16.2. The van der Waals surface area contributed by atoms with Gasteiger partial charge in [0.2, 0.25) is 0 Å². The molecule has 50 heavy (non-hydrogen) atoms. The second kappa shape index (κ2) is 18.4. The topological polar surface area (TPSA) is 19.4 Å². The summed E-state index contributed by atoms with van der Waals surface area (Å²) in [7, 11) is 23.1. The molecule has 0 saturated heterocycles. The van der Waals surface area contributed by atoms with E-state index >= 15 is 0 Å². The van der Waals surface area contributed by atoms with Gasteiger partial charge in [-0.1, -0.05) is 45.9 Å². The van der Waals surface area contributed by atoms with Gasteiger partial charge in [0, 0.05) is 119 Å². The molecule has 0 aliphatic carbocycles. The summed E-state index contributed by atoms with van der Waals surface area (Å²) in [6, 6.07) is 20.7. The Morgan fingerprint density at radius 2 is 0.560 bits per heavy atom. The van der Waals surface area contributed by atoms with Crippen LogP contribution in [0.25, 0.3) is 0 Å². The quantitative estimate of drug-likeness (QED) is 0.0911. The van der Waals surface area contributed by atoms with Crippen LogP contribution in [-0.2, 0) is 21.7 Å². The molecule has 0 radical (unpaired) electrons. The predicted octanol–water partition coefficient (Wildman–Crippen LogP) is -4.58. The zero-order valence-electron chi connectivity index (χ0n) is 33.0. The monoisotopic (exact) mass is 790 g/mol. The standard InChI is InChI=1S/C39H57N6Si.3ClH.Ti/c1-26-27(2)29(4)36(28(26)3)46(37-30(40(5)6)20-17-21-31(37)41(7)8,38-32(42(9)10)22-18-23-33(38)43(11)12)39-34(44(13)14)24-19-25-35(39)45(15)16;;;;/h17-25H,1-16H3;3*1H;/q-1;;;;+4/p-3. The second-order valence-corrected chi connectivity index (χ2v) is 17.5. The van der Waals surface area contributed by atoms with Crippen molar-refractivity contribution in [2.45, 2.75) is 27.7 Å². The molecule has 0 spiro atoms. The van der Waals surface area contributed by atoms with Gasteiger partial charge in [-0.2, -0.15) is 22.3 Å². The first kappa shape index (κ1) is 47.6. The average Bonchev–Trinajstić information content (AvgIpc) is 3.19. The molecular formula is C39H57Cl3N6SiTi. The molecule has 0 N–H and O–H groups in total. The Kier molecular flexibility index (Phi) is 17.5. The Bertz CT molecular complexity index is 1480. The van der Waals surface area contributed by atoms with E-state index in [9.17, 15) is 0 Å². The molecule has 0 aliphatic heterocycles. The van der Waals surface area contributed by atoms with Crippen LogP contribution in [0.5, 0.6) is 0 Å². The van der Waals surface area contributed by atoms with Crippen molar-refractivity contribution in [2.75, 3.05) is 114 Å². The summed E-state index contributed by atoms with van der Waals surface area (Å²) in [6.45, 7) is 9.39. The largest absolute Gasteiger partial charge is 4.00 e. The molecule has 0 atom stereocenters. The molecule has 0 saturated carbocycles. The van der Waals surface area contributed by atoms with Gasteiger partial charge in [-0.15, -0.1) is 5.19 Å². The maximum absolute atomic E-state index is 3.29. The van der Waals surface area contributed by atoms with Gasteiger partial charge in [0.15, 0.2) is 0 Å².